The lowest BCUT2D eigenvalue weighted by atomic mass is 10.1. The van der Waals surface area contributed by atoms with Crippen molar-refractivity contribution in [2.24, 2.45) is 4.99 Å². The lowest BCUT2D eigenvalue weighted by Crippen LogP contribution is -2.38. The summed E-state index contributed by atoms with van der Waals surface area (Å²) in [6.07, 6.45) is 2.81. The fourth-order valence-electron chi connectivity index (χ4n) is 3.54. The van der Waals surface area contributed by atoms with Crippen LogP contribution in [0.25, 0.3) is 0 Å². The van der Waals surface area contributed by atoms with Crippen molar-refractivity contribution in [2.45, 2.75) is 45.3 Å². The first-order chi connectivity index (χ1) is 14.7. The number of aliphatic hydroxyl groups is 1. The van der Waals surface area contributed by atoms with Crippen LogP contribution in [0.15, 0.2) is 59.6 Å². The number of amides is 1. The van der Waals surface area contributed by atoms with Gasteiger partial charge in [0.25, 0.3) is 0 Å². The van der Waals surface area contributed by atoms with Gasteiger partial charge in [-0.1, -0.05) is 42.5 Å². The van der Waals surface area contributed by atoms with Gasteiger partial charge in [0.05, 0.1) is 12.6 Å². The number of guanidine groups is 1. The van der Waals surface area contributed by atoms with Crippen LogP contribution in [-0.2, 0) is 11.3 Å². The van der Waals surface area contributed by atoms with Crippen molar-refractivity contribution in [2.75, 3.05) is 24.5 Å². The molecular weight excluding hydrogens is 376 g/mol. The van der Waals surface area contributed by atoms with Crippen LogP contribution in [0.5, 0.6) is 0 Å². The van der Waals surface area contributed by atoms with Crippen molar-refractivity contribution in [3.8, 4) is 0 Å². The Labute approximate surface area is 179 Å². The maximum absolute atomic E-state index is 12.1. The summed E-state index contributed by atoms with van der Waals surface area (Å²) < 4.78 is 0. The lowest BCUT2D eigenvalue weighted by Gasteiger charge is -2.26. The number of aliphatic hydroxyl groups excluding tert-OH is 1. The number of benzene rings is 2. The molecule has 3 rings (SSSR count). The van der Waals surface area contributed by atoms with Crippen LogP contribution in [0.3, 0.4) is 0 Å². The normalized spacial score (nSPS) is 15.7. The molecule has 160 valence electrons. The first-order valence-corrected chi connectivity index (χ1v) is 10.8. The van der Waals surface area contributed by atoms with Crippen LogP contribution in [0.1, 0.15) is 49.8 Å². The summed E-state index contributed by atoms with van der Waals surface area (Å²) in [5.74, 6) is 0.941. The first kappa shape index (κ1) is 21.8. The highest BCUT2D eigenvalue weighted by atomic mass is 16.3. The molecule has 1 saturated heterocycles. The van der Waals surface area contributed by atoms with Gasteiger partial charge in [-0.2, -0.15) is 0 Å². The Kier molecular flexibility index (Phi) is 8.27. The Morgan fingerprint density at radius 1 is 1.10 bits per heavy atom. The van der Waals surface area contributed by atoms with Crippen LogP contribution in [0, 0.1) is 0 Å². The zero-order valence-corrected chi connectivity index (χ0v) is 17.7. The molecule has 1 amide bonds. The second-order valence-corrected chi connectivity index (χ2v) is 7.51. The average Bonchev–Trinajstić information content (AvgIpc) is 2.79. The number of aliphatic imine (C=N–C) groups is 1. The van der Waals surface area contributed by atoms with E-state index < -0.39 is 6.10 Å². The zero-order valence-electron chi connectivity index (χ0n) is 17.7. The maximum atomic E-state index is 12.1. The summed E-state index contributed by atoms with van der Waals surface area (Å²) in [7, 11) is 0. The van der Waals surface area contributed by atoms with Gasteiger partial charge in [-0.3, -0.25) is 4.79 Å². The minimum absolute atomic E-state index is 0.211. The van der Waals surface area contributed by atoms with Crippen LogP contribution in [-0.4, -0.2) is 36.6 Å². The SMILES string of the molecule is CCNC(=NCc1ccc(N2CCCCC2=O)cc1)NCCC(O)c1ccccc1. The van der Waals surface area contributed by atoms with Crippen LogP contribution < -0.4 is 15.5 Å². The van der Waals surface area contributed by atoms with E-state index in [9.17, 15) is 9.90 Å². The van der Waals surface area contributed by atoms with E-state index in [4.69, 9.17) is 0 Å². The molecule has 30 heavy (non-hydrogen) atoms. The summed E-state index contributed by atoms with van der Waals surface area (Å²) in [6, 6.07) is 17.8. The molecule has 2 aromatic rings. The number of hydrogen-bond donors (Lipinski definition) is 3. The molecule has 1 atom stereocenters. The lowest BCUT2D eigenvalue weighted by molar-refractivity contribution is -0.119. The summed E-state index contributed by atoms with van der Waals surface area (Å²) in [5, 5.41) is 16.8. The van der Waals surface area contributed by atoms with E-state index in [2.05, 4.69) is 15.6 Å². The molecule has 0 aromatic heterocycles. The van der Waals surface area contributed by atoms with Crippen molar-refractivity contribution in [3.63, 3.8) is 0 Å². The molecule has 2 aromatic carbocycles. The molecule has 1 aliphatic rings. The average molecular weight is 409 g/mol. The third-order valence-electron chi connectivity index (χ3n) is 5.23. The van der Waals surface area contributed by atoms with E-state index in [-0.39, 0.29) is 5.91 Å². The predicted octanol–water partition coefficient (Wildman–Crippen LogP) is 3.38. The highest BCUT2D eigenvalue weighted by molar-refractivity contribution is 5.93. The van der Waals surface area contributed by atoms with Crippen molar-refractivity contribution in [1.29, 1.82) is 0 Å². The second kappa shape index (κ2) is 11.4. The van der Waals surface area contributed by atoms with E-state index in [1.807, 2.05) is 66.4 Å². The third kappa shape index (κ3) is 6.32. The predicted molar refractivity (Wildman–Crippen MR) is 121 cm³/mol. The molecule has 0 spiro atoms. The van der Waals surface area contributed by atoms with Gasteiger partial charge in [-0.05, 0) is 49.4 Å². The molecule has 0 bridgehead atoms. The minimum Gasteiger partial charge on any atom is -0.388 e. The Morgan fingerprint density at radius 3 is 2.57 bits per heavy atom. The molecule has 0 radical (unpaired) electrons. The van der Waals surface area contributed by atoms with E-state index >= 15 is 0 Å². The Bertz CT molecular complexity index is 821. The first-order valence-electron chi connectivity index (χ1n) is 10.8. The van der Waals surface area contributed by atoms with Crippen molar-refractivity contribution in [1.82, 2.24) is 10.6 Å². The van der Waals surface area contributed by atoms with Crippen LogP contribution >= 0.6 is 0 Å². The molecule has 6 heteroatoms. The fraction of sp³-hybridized carbons (Fsp3) is 0.417. The van der Waals surface area contributed by atoms with Gasteiger partial charge in [-0.15, -0.1) is 0 Å². The summed E-state index contributed by atoms with van der Waals surface area (Å²) in [4.78, 5) is 18.6. The van der Waals surface area contributed by atoms with E-state index in [1.54, 1.807) is 0 Å². The fourth-order valence-corrected chi connectivity index (χ4v) is 3.54. The van der Waals surface area contributed by atoms with E-state index in [0.29, 0.717) is 25.9 Å². The molecule has 1 fully saturated rings. The van der Waals surface area contributed by atoms with Crippen molar-refractivity contribution in [3.05, 3.63) is 65.7 Å². The molecule has 1 heterocycles. The molecular formula is C24H32N4O2. The highest BCUT2D eigenvalue weighted by Gasteiger charge is 2.19. The van der Waals surface area contributed by atoms with Gasteiger partial charge in [0.1, 0.15) is 0 Å². The standard InChI is InChI=1S/C24H32N4O2/c1-2-25-24(26-16-15-22(29)20-8-4-3-5-9-20)27-18-19-11-13-21(14-12-19)28-17-7-6-10-23(28)30/h3-5,8-9,11-14,22,29H,2,6-7,10,15-18H2,1H3,(H2,25,26,27). The number of carbonyl (C=O) groups is 1. The molecule has 0 saturated carbocycles. The Hall–Kier alpha value is -2.86. The number of piperidine rings is 1. The van der Waals surface area contributed by atoms with Crippen LogP contribution in [0.2, 0.25) is 0 Å². The Balaban J connectivity index is 1.52. The van der Waals surface area contributed by atoms with Gasteiger partial charge >= 0.3 is 0 Å². The van der Waals surface area contributed by atoms with Crippen molar-refractivity contribution < 1.29 is 9.90 Å². The summed E-state index contributed by atoms with van der Waals surface area (Å²) >= 11 is 0. The number of nitrogens with zero attached hydrogens (tertiary/aromatic N) is 2. The maximum Gasteiger partial charge on any atom is 0.226 e. The molecule has 3 N–H and O–H groups in total. The van der Waals surface area contributed by atoms with Crippen molar-refractivity contribution >= 4 is 17.6 Å². The highest BCUT2D eigenvalue weighted by Crippen LogP contribution is 2.21. The second-order valence-electron chi connectivity index (χ2n) is 7.51. The smallest absolute Gasteiger partial charge is 0.226 e. The van der Waals surface area contributed by atoms with E-state index in [0.717, 1.165) is 48.7 Å². The minimum atomic E-state index is -0.494. The monoisotopic (exact) mass is 408 g/mol. The number of nitrogens with one attached hydrogen (secondary N) is 2. The number of rotatable bonds is 8. The number of anilines is 1. The van der Waals surface area contributed by atoms with Gasteiger partial charge in [0.15, 0.2) is 5.96 Å². The number of hydrogen-bond acceptors (Lipinski definition) is 3. The van der Waals surface area contributed by atoms with Crippen LogP contribution in [0.4, 0.5) is 5.69 Å². The van der Waals surface area contributed by atoms with Gasteiger partial charge in [0.2, 0.25) is 5.91 Å². The molecule has 0 aliphatic carbocycles. The summed E-state index contributed by atoms with van der Waals surface area (Å²) in [5.41, 5.74) is 2.98. The largest absolute Gasteiger partial charge is 0.388 e. The van der Waals surface area contributed by atoms with Gasteiger partial charge in [0, 0.05) is 31.7 Å². The van der Waals surface area contributed by atoms with Gasteiger partial charge in [-0.25, -0.2) is 4.99 Å². The zero-order chi connectivity index (χ0) is 21.2. The summed E-state index contributed by atoms with van der Waals surface area (Å²) in [6.45, 7) is 4.77. The van der Waals surface area contributed by atoms with E-state index in [1.165, 1.54) is 0 Å². The number of carbonyl (C=O) groups excluding carboxylic acids is 1. The van der Waals surface area contributed by atoms with Gasteiger partial charge < -0.3 is 20.6 Å². The topological polar surface area (TPSA) is 77.0 Å². The molecule has 1 unspecified atom stereocenters. The molecule has 6 nitrogen and oxygen atoms in total. The third-order valence-corrected chi connectivity index (χ3v) is 5.23. The quantitative estimate of drug-likeness (QED) is 0.462. The Morgan fingerprint density at radius 2 is 1.87 bits per heavy atom. The molecule has 1 aliphatic heterocycles.